The van der Waals surface area contributed by atoms with Crippen molar-refractivity contribution in [1.29, 1.82) is 0 Å². The summed E-state index contributed by atoms with van der Waals surface area (Å²) in [5.74, 6) is -0.0546. The molecular weight excluding hydrogens is 398 g/mol. The summed E-state index contributed by atoms with van der Waals surface area (Å²) >= 11 is 0. The van der Waals surface area contributed by atoms with Gasteiger partial charge in [-0.05, 0) is 50.6 Å². The summed E-state index contributed by atoms with van der Waals surface area (Å²) in [4.78, 5) is 38.7. The van der Waals surface area contributed by atoms with Crippen molar-refractivity contribution < 1.29 is 23.9 Å². The van der Waals surface area contributed by atoms with Gasteiger partial charge in [0.25, 0.3) is 11.8 Å². The van der Waals surface area contributed by atoms with Gasteiger partial charge >= 0.3 is 6.09 Å². The first-order valence-corrected chi connectivity index (χ1v) is 10.0. The van der Waals surface area contributed by atoms with E-state index in [1.54, 1.807) is 68.1 Å². The quantitative estimate of drug-likeness (QED) is 0.785. The van der Waals surface area contributed by atoms with E-state index in [1.165, 1.54) is 7.05 Å². The van der Waals surface area contributed by atoms with E-state index >= 15 is 0 Å². The largest absolute Gasteiger partial charge is 0.477 e. The molecule has 2 aromatic carbocycles. The number of para-hydroxylation sites is 2. The van der Waals surface area contributed by atoms with Gasteiger partial charge in [0, 0.05) is 19.2 Å². The summed E-state index contributed by atoms with van der Waals surface area (Å²) in [6.07, 6.45) is -1.29. The molecule has 3 rings (SSSR count). The Hall–Kier alpha value is -3.55. The number of likely N-dealkylation sites (N-methyl/N-ethyl adjacent to an activating group) is 1. The molecule has 2 N–H and O–H groups in total. The van der Waals surface area contributed by atoms with E-state index in [0.717, 1.165) is 5.56 Å². The molecule has 0 saturated carbocycles. The molecule has 31 heavy (non-hydrogen) atoms. The highest BCUT2D eigenvalue weighted by atomic mass is 16.6. The zero-order chi connectivity index (χ0) is 22.6. The van der Waals surface area contributed by atoms with Gasteiger partial charge in [-0.2, -0.15) is 0 Å². The Morgan fingerprint density at radius 1 is 1.10 bits per heavy atom. The van der Waals surface area contributed by atoms with E-state index in [4.69, 9.17) is 9.47 Å². The van der Waals surface area contributed by atoms with Crippen molar-refractivity contribution in [2.45, 2.75) is 39.0 Å². The molecule has 8 nitrogen and oxygen atoms in total. The Labute approximate surface area is 181 Å². The van der Waals surface area contributed by atoms with Crippen LogP contribution in [0.25, 0.3) is 0 Å². The molecule has 1 atom stereocenters. The Kier molecular flexibility index (Phi) is 6.48. The summed E-state index contributed by atoms with van der Waals surface area (Å²) in [6.45, 7) is 5.78. The number of rotatable bonds is 4. The number of alkyl carbamates (subject to hydrolysis) is 1. The average molecular weight is 425 g/mol. The summed E-state index contributed by atoms with van der Waals surface area (Å²) in [5, 5.41) is 5.25. The molecule has 0 aliphatic carbocycles. The van der Waals surface area contributed by atoms with Gasteiger partial charge < -0.3 is 25.0 Å². The van der Waals surface area contributed by atoms with Gasteiger partial charge in [-0.3, -0.25) is 9.59 Å². The second-order valence-electron chi connectivity index (χ2n) is 8.16. The lowest BCUT2D eigenvalue weighted by atomic mass is 10.1. The van der Waals surface area contributed by atoms with Crippen LogP contribution in [0.4, 0.5) is 10.5 Å². The molecular formula is C23H27N3O5. The number of nitrogens with one attached hydrogen (secondary N) is 2. The fourth-order valence-electron chi connectivity index (χ4n) is 3.13. The minimum atomic E-state index is -0.791. The highest BCUT2D eigenvalue weighted by Gasteiger charge is 2.33. The fourth-order valence-corrected chi connectivity index (χ4v) is 3.13. The number of hydrogen-bond donors (Lipinski definition) is 2. The van der Waals surface area contributed by atoms with Gasteiger partial charge in [-0.15, -0.1) is 0 Å². The Morgan fingerprint density at radius 2 is 1.77 bits per heavy atom. The normalized spacial score (nSPS) is 15.4. The number of carbonyl (C=O) groups is 3. The second kappa shape index (κ2) is 9.07. The molecule has 0 unspecified atom stereocenters. The van der Waals surface area contributed by atoms with Crippen molar-refractivity contribution >= 4 is 23.6 Å². The highest BCUT2D eigenvalue weighted by Crippen LogP contribution is 2.34. The third-order valence-corrected chi connectivity index (χ3v) is 4.59. The highest BCUT2D eigenvalue weighted by molar-refractivity contribution is 6.07. The van der Waals surface area contributed by atoms with Crippen LogP contribution in [-0.2, 0) is 16.1 Å². The first kappa shape index (κ1) is 22.1. The molecule has 8 heteroatoms. The molecule has 2 aromatic rings. The van der Waals surface area contributed by atoms with Crippen LogP contribution in [-0.4, -0.2) is 43.2 Å². The molecule has 0 radical (unpaired) electrons. The van der Waals surface area contributed by atoms with Gasteiger partial charge in [0.1, 0.15) is 11.4 Å². The number of carbonyl (C=O) groups excluding carboxylic acids is 3. The van der Waals surface area contributed by atoms with Gasteiger partial charge in [0.2, 0.25) is 0 Å². The van der Waals surface area contributed by atoms with Gasteiger partial charge in [0.15, 0.2) is 6.10 Å². The number of benzene rings is 2. The third kappa shape index (κ3) is 5.53. The second-order valence-corrected chi connectivity index (χ2v) is 8.16. The number of nitrogens with zero attached hydrogens (tertiary/aromatic N) is 1. The number of hydrogen-bond acceptors (Lipinski definition) is 5. The molecule has 164 valence electrons. The molecule has 0 saturated heterocycles. The van der Waals surface area contributed by atoms with E-state index < -0.39 is 17.8 Å². The van der Waals surface area contributed by atoms with Gasteiger partial charge in [-0.1, -0.05) is 24.3 Å². The minimum absolute atomic E-state index is 0.109. The summed E-state index contributed by atoms with van der Waals surface area (Å²) in [7, 11) is 1.53. The van der Waals surface area contributed by atoms with E-state index in [-0.39, 0.29) is 24.9 Å². The predicted octanol–water partition coefficient (Wildman–Crippen LogP) is 2.87. The Bertz CT molecular complexity index is 966. The van der Waals surface area contributed by atoms with Crippen molar-refractivity contribution in [3.05, 3.63) is 59.7 Å². The van der Waals surface area contributed by atoms with Gasteiger partial charge in [-0.25, -0.2) is 4.79 Å². The molecule has 3 amide bonds. The van der Waals surface area contributed by atoms with Crippen LogP contribution < -0.4 is 20.3 Å². The molecule has 0 fully saturated rings. The molecule has 0 spiro atoms. The first-order chi connectivity index (χ1) is 14.7. The topological polar surface area (TPSA) is 97.0 Å². The summed E-state index contributed by atoms with van der Waals surface area (Å²) < 4.78 is 11.0. The standard InChI is InChI=1S/C23H27N3O5/c1-23(2,3)31-22(29)25-13-15-9-11-16(12-10-15)21(28)26-14-19(20(27)24-4)30-18-8-6-5-7-17(18)26/h5-12,19H,13-14H2,1-4H3,(H,24,27)(H,25,29)/t19-/m0/s1. The summed E-state index contributed by atoms with van der Waals surface area (Å²) in [5.41, 5.74) is 1.34. The molecule has 1 aliphatic rings. The molecule has 1 heterocycles. The smallest absolute Gasteiger partial charge is 0.407 e. The van der Waals surface area contributed by atoms with Crippen LogP contribution in [0, 0.1) is 0 Å². The van der Waals surface area contributed by atoms with E-state index in [9.17, 15) is 14.4 Å². The number of fused-ring (bicyclic) bond motifs is 1. The van der Waals surface area contributed by atoms with Crippen LogP contribution in [0.3, 0.4) is 0 Å². The maximum absolute atomic E-state index is 13.2. The lowest BCUT2D eigenvalue weighted by Crippen LogP contribution is -2.50. The first-order valence-electron chi connectivity index (χ1n) is 10.0. The van der Waals surface area contributed by atoms with Crippen molar-refractivity contribution in [3.8, 4) is 5.75 Å². The van der Waals surface area contributed by atoms with Gasteiger partial charge in [0.05, 0.1) is 12.2 Å². The average Bonchev–Trinajstić information content (AvgIpc) is 2.75. The number of anilines is 1. The van der Waals surface area contributed by atoms with E-state index in [0.29, 0.717) is 17.0 Å². The van der Waals surface area contributed by atoms with Crippen LogP contribution in [0.1, 0.15) is 36.7 Å². The van der Waals surface area contributed by atoms with Crippen LogP contribution in [0.15, 0.2) is 48.5 Å². The van der Waals surface area contributed by atoms with E-state index in [2.05, 4.69) is 10.6 Å². The third-order valence-electron chi connectivity index (χ3n) is 4.59. The van der Waals surface area contributed by atoms with Crippen molar-refractivity contribution in [1.82, 2.24) is 10.6 Å². The van der Waals surface area contributed by atoms with Crippen molar-refractivity contribution in [2.24, 2.45) is 0 Å². The minimum Gasteiger partial charge on any atom is -0.477 e. The molecule has 0 aromatic heterocycles. The zero-order valence-electron chi connectivity index (χ0n) is 18.1. The number of ether oxygens (including phenoxy) is 2. The van der Waals surface area contributed by atoms with Crippen molar-refractivity contribution in [3.63, 3.8) is 0 Å². The Balaban J connectivity index is 1.72. The summed E-state index contributed by atoms with van der Waals surface area (Å²) in [6, 6.07) is 14.1. The number of amides is 3. The zero-order valence-corrected chi connectivity index (χ0v) is 18.1. The van der Waals surface area contributed by atoms with Crippen LogP contribution in [0.2, 0.25) is 0 Å². The fraction of sp³-hybridized carbons (Fsp3) is 0.348. The van der Waals surface area contributed by atoms with Crippen LogP contribution in [0.5, 0.6) is 5.75 Å². The predicted molar refractivity (Wildman–Crippen MR) is 116 cm³/mol. The van der Waals surface area contributed by atoms with Crippen molar-refractivity contribution in [2.75, 3.05) is 18.5 Å². The Morgan fingerprint density at radius 3 is 2.42 bits per heavy atom. The monoisotopic (exact) mass is 425 g/mol. The molecule has 1 aliphatic heterocycles. The maximum Gasteiger partial charge on any atom is 0.407 e. The maximum atomic E-state index is 13.2. The lowest BCUT2D eigenvalue weighted by Gasteiger charge is -2.34. The SMILES string of the molecule is CNC(=O)[C@@H]1CN(C(=O)c2ccc(CNC(=O)OC(C)(C)C)cc2)c2ccccc2O1. The van der Waals surface area contributed by atoms with E-state index in [1.807, 2.05) is 6.07 Å². The molecule has 0 bridgehead atoms. The van der Waals surface area contributed by atoms with Crippen LogP contribution >= 0.6 is 0 Å². The lowest BCUT2D eigenvalue weighted by molar-refractivity contribution is -0.127.